The number of aromatic nitrogens is 3. The maximum absolute atomic E-state index is 11.7. The zero-order valence-electron chi connectivity index (χ0n) is 11.3. The Kier molecular flexibility index (Phi) is 8.56. The third-order valence-electron chi connectivity index (χ3n) is 2.45. The van der Waals surface area contributed by atoms with Gasteiger partial charge in [0, 0.05) is 31.8 Å². The molecule has 2 heterocycles. The molecule has 1 unspecified atom stereocenters. The molecular weight excluding hydrogens is 317 g/mol. The first-order valence-corrected chi connectivity index (χ1v) is 5.72. The summed E-state index contributed by atoms with van der Waals surface area (Å²) < 4.78 is 6.46. The van der Waals surface area contributed by atoms with E-state index in [-0.39, 0.29) is 37.3 Å². The van der Waals surface area contributed by atoms with E-state index < -0.39 is 6.04 Å². The number of nitrogens with one attached hydrogen (secondary N) is 1. The van der Waals surface area contributed by atoms with Crippen LogP contribution in [0.5, 0.6) is 0 Å². The van der Waals surface area contributed by atoms with Gasteiger partial charge in [-0.2, -0.15) is 5.10 Å². The van der Waals surface area contributed by atoms with Crippen LogP contribution in [0.25, 0.3) is 5.69 Å². The number of carbonyl (C=O) groups is 1. The molecule has 2 aromatic rings. The van der Waals surface area contributed by atoms with Crippen LogP contribution >= 0.6 is 24.8 Å². The lowest BCUT2D eigenvalue weighted by Gasteiger charge is -2.09. The van der Waals surface area contributed by atoms with Crippen molar-refractivity contribution < 1.29 is 9.53 Å². The van der Waals surface area contributed by atoms with E-state index in [9.17, 15) is 4.79 Å². The van der Waals surface area contributed by atoms with Gasteiger partial charge in [0.05, 0.1) is 12.3 Å². The maximum Gasteiger partial charge on any atom is 0.244 e. The van der Waals surface area contributed by atoms with Crippen LogP contribution in [0.2, 0.25) is 0 Å². The highest BCUT2D eigenvalue weighted by atomic mass is 35.5. The Morgan fingerprint density at radius 3 is 2.67 bits per heavy atom. The summed E-state index contributed by atoms with van der Waals surface area (Å²) in [5, 5.41) is 6.85. The van der Waals surface area contributed by atoms with Crippen LogP contribution in [0.4, 0.5) is 5.82 Å². The summed E-state index contributed by atoms with van der Waals surface area (Å²) in [6, 6.07) is 4.61. The average Bonchev–Trinajstić information content (AvgIpc) is 2.88. The second-order valence-corrected chi connectivity index (χ2v) is 3.90. The molecule has 7 nitrogen and oxygen atoms in total. The van der Waals surface area contributed by atoms with Crippen molar-refractivity contribution in [3.8, 4) is 5.69 Å². The van der Waals surface area contributed by atoms with Crippen molar-refractivity contribution in [2.24, 2.45) is 5.73 Å². The molecule has 0 aliphatic heterocycles. The van der Waals surface area contributed by atoms with E-state index in [2.05, 4.69) is 15.4 Å². The highest BCUT2D eigenvalue weighted by Crippen LogP contribution is 2.09. The minimum Gasteiger partial charge on any atom is -0.383 e. The Bertz CT molecular complexity index is 550. The summed E-state index contributed by atoms with van der Waals surface area (Å²) in [4.78, 5) is 15.6. The van der Waals surface area contributed by atoms with Gasteiger partial charge < -0.3 is 15.8 Å². The van der Waals surface area contributed by atoms with E-state index in [0.29, 0.717) is 5.82 Å². The summed E-state index contributed by atoms with van der Waals surface area (Å²) in [5.74, 6) is 0.107. The number of pyridine rings is 1. The predicted octanol–water partition coefficient (Wildman–Crippen LogP) is 1.02. The lowest BCUT2D eigenvalue weighted by Crippen LogP contribution is -2.39. The highest BCUT2D eigenvalue weighted by molar-refractivity contribution is 5.93. The van der Waals surface area contributed by atoms with Crippen LogP contribution in [-0.4, -0.2) is 40.4 Å². The van der Waals surface area contributed by atoms with E-state index in [0.717, 1.165) is 5.69 Å². The molecule has 21 heavy (non-hydrogen) atoms. The van der Waals surface area contributed by atoms with Crippen LogP contribution in [-0.2, 0) is 9.53 Å². The SMILES string of the molecule is COCC(N)C(=O)Nc1ccn(-c2ccncc2)n1.Cl.Cl. The quantitative estimate of drug-likeness (QED) is 0.851. The van der Waals surface area contributed by atoms with Gasteiger partial charge in [0.2, 0.25) is 5.91 Å². The number of rotatable bonds is 5. The normalized spacial score (nSPS) is 11.0. The molecule has 2 aromatic heterocycles. The molecule has 0 bridgehead atoms. The number of halogens is 2. The molecule has 1 atom stereocenters. The number of nitrogens with two attached hydrogens (primary N) is 1. The molecule has 116 valence electrons. The Hall–Kier alpha value is -1.67. The lowest BCUT2D eigenvalue weighted by atomic mass is 10.3. The van der Waals surface area contributed by atoms with Gasteiger partial charge in [-0.1, -0.05) is 0 Å². The van der Waals surface area contributed by atoms with Crippen molar-refractivity contribution in [3.05, 3.63) is 36.8 Å². The molecule has 0 saturated carbocycles. The second-order valence-electron chi connectivity index (χ2n) is 3.90. The van der Waals surface area contributed by atoms with Crippen molar-refractivity contribution in [2.75, 3.05) is 19.0 Å². The largest absolute Gasteiger partial charge is 0.383 e. The fourth-order valence-electron chi connectivity index (χ4n) is 1.51. The van der Waals surface area contributed by atoms with Crippen LogP contribution in [0.1, 0.15) is 0 Å². The van der Waals surface area contributed by atoms with Gasteiger partial charge in [0.25, 0.3) is 0 Å². The molecule has 0 aliphatic carbocycles. The molecule has 0 saturated heterocycles. The van der Waals surface area contributed by atoms with E-state index in [1.807, 2.05) is 12.1 Å². The summed E-state index contributed by atoms with van der Waals surface area (Å²) in [6.45, 7) is 0.164. The second kappa shape index (κ2) is 9.30. The van der Waals surface area contributed by atoms with E-state index >= 15 is 0 Å². The fraction of sp³-hybridized carbons (Fsp3) is 0.250. The molecule has 0 aliphatic rings. The average molecular weight is 334 g/mol. The Balaban J connectivity index is 0.00000200. The Labute approximate surface area is 134 Å². The predicted molar refractivity (Wildman–Crippen MR) is 84.3 cm³/mol. The Morgan fingerprint density at radius 2 is 2.05 bits per heavy atom. The van der Waals surface area contributed by atoms with Crippen molar-refractivity contribution in [1.29, 1.82) is 0 Å². The summed E-state index contributed by atoms with van der Waals surface area (Å²) >= 11 is 0. The summed E-state index contributed by atoms with van der Waals surface area (Å²) in [7, 11) is 1.49. The molecule has 1 amide bonds. The fourth-order valence-corrected chi connectivity index (χ4v) is 1.51. The number of anilines is 1. The molecule has 0 aromatic carbocycles. The van der Waals surface area contributed by atoms with Crippen molar-refractivity contribution >= 4 is 36.5 Å². The van der Waals surface area contributed by atoms with Gasteiger partial charge in [0.1, 0.15) is 6.04 Å². The molecule has 3 N–H and O–H groups in total. The van der Waals surface area contributed by atoms with Crippen molar-refractivity contribution in [2.45, 2.75) is 6.04 Å². The maximum atomic E-state index is 11.7. The van der Waals surface area contributed by atoms with E-state index in [4.69, 9.17) is 10.5 Å². The number of methoxy groups -OCH3 is 1. The molecule has 0 spiro atoms. The zero-order valence-corrected chi connectivity index (χ0v) is 12.9. The first kappa shape index (κ1) is 19.3. The number of nitrogens with zero attached hydrogens (tertiary/aromatic N) is 3. The van der Waals surface area contributed by atoms with Crippen LogP contribution in [0, 0.1) is 0 Å². The van der Waals surface area contributed by atoms with Crippen LogP contribution < -0.4 is 11.1 Å². The van der Waals surface area contributed by atoms with Crippen LogP contribution in [0.15, 0.2) is 36.8 Å². The molecule has 9 heteroatoms. The smallest absolute Gasteiger partial charge is 0.244 e. The van der Waals surface area contributed by atoms with Gasteiger partial charge in [-0.3, -0.25) is 9.78 Å². The number of hydrogen-bond donors (Lipinski definition) is 2. The van der Waals surface area contributed by atoms with Gasteiger partial charge in [-0.25, -0.2) is 4.68 Å². The van der Waals surface area contributed by atoms with Crippen molar-refractivity contribution in [3.63, 3.8) is 0 Å². The third-order valence-corrected chi connectivity index (χ3v) is 2.45. The third kappa shape index (κ3) is 5.31. The summed E-state index contributed by atoms with van der Waals surface area (Å²) in [5.41, 5.74) is 6.47. The van der Waals surface area contributed by atoms with Gasteiger partial charge in [-0.15, -0.1) is 24.8 Å². The number of hydrogen-bond acceptors (Lipinski definition) is 5. The van der Waals surface area contributed by atoms with Crippen molar-refractivity contribution in [1.82, 2.24) is 14.8 Å². The van der Waals surface area contributed by atoms with Crippen LogP contribution in [0.3, 0.4) is 0 Å². The number of carbonyl (C=O) groups excluding carboxylic acids is 1. The number of amides is 1. The minimum atomic E-state index is -0.712. The minimum absolute atomic E-state index is 0. The first-order valence-electron chi connectivity index (χ1n) is 5.72. The van der Waals surface area contributed by atoms with Gasteiger partial charge in [-0.05, 0) is 12.1 Å². The molecular formula is C12H17Cl2N5O2. The molecule has 2 rings (SSSR count). The first-order chi connectivity index (χ1) is 9.20. The zero-order chi connectivity index (χ0) is 13.7. The van der Waals surface area contributed by atoms with Gasteiger partial charge in [0.15, 0.2) is 5.82 Å². The topological polar surface area (TPSA) is 95.1 Å². The summed E-state index contributed by atoms with van der Waals surface area (Å²) in [6.07, 6.45) is 5.08. The van der Waals surface area contributed by atoms with Gasteiger partial charge >= 0.3 is 0 Å². The molecule has 0 radical (unpaired) electrons. The Morgan fingerprint density at radius 1 is 1.38 bits per heavy atom. The van der Waals surface area contributed by atoms with E-state index in [1.54, 1.807) is 29.3 Å². The monoisotopic (exact) mass is 333 g/mol. The number of ether oxygens (including phenoxy) is 1. The van der Waals surface area contributed by atoms with E-state index in [1.165, 1.54) is 7.11 Å². The standard InChI is InChI=1S/C12H15N5O2.2ClH/c1-19-8-10(13)12(18)15-11-4-7-17(16-11)9-2-5-14-6-3-9;;/h2-7,10H,8,13H2,1H3,(H,15,16,18);2*1H. The lowest BCUT2D eigenvalue weighted by molar-refractivity contribution is -0.118. The molecule has 0 fully saturated rings. The highest BCUT2D eigenvalue weighted by Gasteiger charge is 2.14.